The summed E-state index contributed by atoms with van der Waals surface area (Å²) < 4.78 is 11.0. The number of ether oxygens (including phenoxy) is 2. The molecular weight excluding hydrogens is 420 g/mol. The van der Waals surface area contributed by atoms with Gasteiger partial charge in [-0.05, 0) is 44.2 Å². The second-order valence-electron chi connectivity index (χ2n) is 8.45. The highest BCUT2D eigenvalue weighted by Gasteiger charge is 2.22. The molecule has 2 N–H and O–H groups in total. The van der Waals surface area contributed by atoms with Crippen LogP contribution in [-0.2, 0) is 14.3 Å². The van der Waals surface area contributed by atoms with E-state index < -0.39 is 6.04 Å². The van der Waals surface area contributed by atoms with Gasteiger partial charge in [0.1, 0.15) is 6.04 Å². The van der Waals surface area contributed by atoms with Crippen LogP contribution in [-0.4, -0.2) is 70.5 Å². The van der Waals surface area contributed by atoms with E-state index in [1.54, 1.807) is 19.1 Å². The Morgan fingerprint density at radius 1 is 0.909 bits per heavy atom. The van der Waals surface area contributed by atoms with Gasteiger partial charge in [0, 0.05) is 37.4 Å². The van der Waals surface area contributed by atoms with Crippen molar-refractivity contribution in [2.75, 3.05) is 67.7 Å². The fourth-order valence-corrected chi connectivity index (χ4v) is 4.08. The van der Waals surface area contributed by atoms with Crippen LogP contribution in [0.15, 0.2) is 42.5 Å². The molecule has 2 aliphatic heterocycles. The smallest absolute Gasteiger partial charge is 0.251 e. The normalized spacial score (nSPS) is 17.4. The van der Waals surface area contributed by atoms with Crippen molar-refractivity contribution in [1.82, 2.24) is 5.32 Å². The van der Waals surface area contributed by atoms with Gasteiger partial charge in [-0.1, -0.05) is 17.7 Å². The average Bonchev–Trinajstić information content (AvgIpc) is 2.85. The number of rotatable bonds is 6. The van der Waals surface area contributed by atoms with Crippen molar-refractivity contribution in [3.05, 3.63) is 53.6 Å². The van der Waals surface area contributed by atoms with Crippen LogP contribution in [0.4, 0.5) is 17.1 Å². The second-order valence-corrected chi connectivity index (χ2v) is 8.45. The summed E-state index contributed by atoms with van der Waals surface area (Å²) in [4.78, 5) is 30.1. The molecule has 0 radical (unpaired) electrons. The SMILES string of the molecule is Cc1cccc(C(=O)NC(C)C(=O)Nc2ccc(N3CCOCC3)cc2N2CCOCC2)c1. The number of hydrogen-bond donors (Lipinski definition) is 2. The zero-order chi connectivity index (χ0) is 23.2. The van der Waals surface area contributed by atoms with Gasteiger partial charge in [-0.3, -0.25) is 9.59 Å². The van der Waals surface area contributed by atoms with Crippen molar-refractivity contribution >= 4 is 28.9 Å². The second kappa shape index (κ2) is 10.7. The summed E-state index contributed by atoms with van der Waals surface area (Å²) in [6.07, 6.45) is 0. The highest BCUT2D eigenvalue weighted by molar-refractivity contribution is 6.02. The van der Waals surface area contributed by atoms with Crippen LogP contribution in [0.5, 0.6) is 0 Å². The first-order valence-corrected chi connectivity index (χ1v) is 11.5. The van der Waals surface area contributed by atoms with Crippen LogP contribution in [0, 0.1) is 6.92 Å². The third-order valence-electron chi connectivity index (χ3n) is 5.99. The molecule has 0 aliphatic carbocycles. The minimum Gasteiger partial charge on any atom is -0.378 e. The molecule has 0 aromatic heterocycles. The van der Waals surface area contributed by atoms with Crippen molar-refractivity contribution < 1.29 is 19.1 Å². The zero-order valence-corrected chi connectivity index (χ0v) is 19.3. The van der Waals surface area contributed by atoms with Crippen LogP contribution < -0.4 is 20.4 Å². The number of benzene rings is 2. The quantitative estimate of drug-likeness (QED) is 0.701. The van der Waals surface area contributed by atoms with E-state index in [9.17, 15) is 9.59 Å². The van der Waals surface area contributed by atoms with E-state index in [-0.39, 0.29) is 11.8 Å². The predicted molar refractivity (Wildman–Crippen MR) is 129 cm³/mol. The summed E-state index contributed by atoms with van der Waals surface area (Å²) in [6.45, 7) is 9.56. The zero-order valence-electron chi connectivity index (χ0n) is 19.3. The molecule has 0 bridgehead atoms. The molecule has 33 heavy (non-hydrogen) atoms. The summed E-state index contributed by atoms with van der Waals surface area (Å²) in [5.74, 6) is -0.526. The van der Waals surface area contributed by atoms with E-state index in [0.29, 0.717) is 32.0 Å². The Bertz CT molecular complexity index is 984. The standard InChI is InChI=1S/C25H32N4O4/c1-18-4-3-5-20(16-18)25(31)26-19(2)24(30)27-22-7-6-21(28-8-12-32-13-9-28)17-23(22)29-10-14-33-15-11-29/h3-7,16-17,19H,8-15H2,1-2H3,(H,26,31)(H,27,30). The van der Waals surface area contributed by atoms with Gasteiger partial charge in [0.05, 0.1) is 37.8 Å². The Morgan fingerprint density at radius 2 is 1.58 bits per heavy atom. The summed E-state index contributed by atoms with van der Waals surface area (Å²) >= 11 is 0. The molecule has 2 fully saturated rings. The molecule has 2 aromatic carbocycles. The van der Waals surface area contributed by atoms with Crippen molar-refractivity contribution in [3.8, 4) is 0 Å². The molecule has 2 heterocycles. The van der Waals surface area contributed by atoms with Crippen LogP contribution in [0.2, 0.25) is 0 Å². The maximum Gasteiger partial charge on any atom is 0.251 e. The monoisotopic (exact) mass is 452 g/mol. The maximum absolute atomic E-state index is 13.0. The predicted octanol–water partition coefficient (Wildman–Crippen LogP) is 2.43. The molecule has 2 saturated heterocycles. The van der Waals surface area contributed by atoms with E-state index in [1.807, 2.05) is 31.2 Å². The number of nitrogens with zero attached hydrogens (tertiary/aromatic N) is 2. The lowest BCUT2D eigenvalue weighted by atomic mass is 10.1. The molecule has 0 saturated carbocycles. The summed E-state index contributed by atoms with van der Waals surface area (Å²) in [5.41, 5.74) is 4.34. The molecule has 0 spiro atoms. The van der Waals surface area contributed by atoms with Gasteiger partial charge >= 0.3 is 0 Å². The van der Waals surface area contributed by atoms with E-state index in [2.05, 4.69) is 26.5 Å². The lowest BCUT2D eigenvalue weighted by Gasteiger charge is -2.33. The molecule has 8 heteroatoms. The van der Waals surface area contributed by atoms with E-state index in [4.69, 9.17) is 9.47 Å². The van der Waals surface area contributed by atoms with Crippen LogP contribution in [0.25, 0.3) is 0 Å². The fourth-order valence-electron chi connectivity index (χ4n) is 4.08. The molecular formula is C25H32N4O4. The van der Waals surface area contributed by atoms with E-state index in [1.165, 1.54) is 0 Å². The van der Waals surface area contributed by atoms with Gasteiger partial charge < -0.3 is 29.9 Å². The number of nitrogens with one attached hydrogen (secondary N) is 2. The van der Waals surface area contributed by atoms with Crippen LogP contribution >= 0.6 is 0 Å². The lowest BCUT2D eigenvalue weighted by molar-refractivity contribution is -0.117. The van der Waals surface area contributed by atoms with Gasteiger partial charge in [-0.25, -0.2) is 0 Å². The Labute approximate surface area is 194 Å². The van der Waals surface area contributed by atoms with Crippen molar-refractivity contribution in [2.24, 2.45) is 0 Å². The lowest BCUT2D eigenvalue weighted by Crippen LogP contribution is -2.42. The average molecular weight is 453 g/mol. The summed E-state index contributed by atoms with van der Waals surface area (Å²) in [6, 6.07) is 12.7. The number of carbonyl (C=O) groups excluding carboxylic acids is 2. The molecule has 1 unspecified atom stereocenters. The highest BCUT2D eigenvalue weighted by atomic mass is 16.5. The molecule has 8 nitrogen and oxygen atoms in total. The Balaban J connectivity index is 1.49. The number of carbonyl (C=O) groups is 2. The van der Waals surface area contributed by atoms with E-state index in [0.717, 1.165) is 48.8 Å². The molecule has 2 amide bonds. The van der Waals surface area contributed by atoms with Crippen molar-refractivity contribution in [2.45, 2.75) is 19.9 Å². The summed E-state index contributed by atoms with van der Waals surface area (Å²) in [7, 11) is 0. The Morgan fingerprint density at radius 3 is 2.24 bits per heavy atom. The number of hydrogen-bond acceptors (Lipinski definition) is 6. The third kappa shape index (κ3) is 5.83. The minimum absolute atomic E-state index is 0.260. The van der Waals surface area contributed by atoms with Crippen LogP contribution in [0.3, 0.4) is 0 Å². The topological polar surface area (TPSA) is 83.1 Å². The molecule has 2 aromatic rings. The van der Waals surface area contributed by atoms with Gasteiger partial charge in [0.25, 0.3) is 5.91 Å². The maximum atomic E-state index is 13.0. The number of amides is 2. The molecule has 2 aliphatic rings. The van der Waals surface area contributed by atoms with Crippen LogP contribution in [0.1, 0.15) is 22.8 Å². The van der Waals surface area contributed by atoms with Gasteiger partial charge in [-0.15, -0.1) is 0 Å². The Kier molecular flexibility index (Phi) is 7.47. The first-order valence-electron chi connectivity index (χ1n) is 11.5. The van der Waals surface area contributed by atoms with Gasteiger partial charge in [0.15, 0.2) is 0 Å². The number of aryl methyl sites for hydroxylation is 1. The molecule has 176 valence electrons. The first-order chi connectivity index (χ1) is 16.0. The fraction of sp³-hybridized carbons (Fsp3) is 0.440. The Hall–Kier alpha value is -3.10. The van der Waals surface area contributed by atoms with Gasteiger partial charge in [-0.2, -0.15) is 0 Å². The molecule has 1 atom stereocenters. The number of anilines is 3. The van der Waals surface area contributed by atoms with Crippen molar-refractivity contribution in [1.29, 1.82) is 0 Å². The third-order valence-corrected chi connectivity index (χ3v) is 5.99. The number of morpholine rings is 2. The highest BCUT2D eigenvalue weighted by Crippen LogP contribution is 2.32. The minimum atomic E-state index is -0.686. The van der Waals surface area contributed by atoms with Gasteiger partial charge in [0.2, 0.25) is 5.91 Å². The largest absolute Gasteiger partial charge is 0.378 e. The first kappa shape index (κ1) is 23.1. The van der Waals surface area contributed by atoms with E-state index >= 15 is 0 Å². The summed E-state index contributed by atoms with van der Waals surface area (Å²) in [5, 5.41) is 5.83. The molecule has 4 rings (SSSR count). The van der Waals surface area contributed by atoms with Crippen molar-refractivity contribution in [3.63, 3.8) is 0 Å².